The Labute approximate surface area is 170 Å². The number of carbonyl (C=O) groups excluding carboxylic acids is 2. The zero-order chi connectivity index (χ0) is 20.2. The summed E-state index contributed by atoms with van der Waals surface area (Å²) >= 11 is 0. The number of nitrogens with zero attached hydrogens (tertiary/aromatic N) is 2. The van der Waals surface area contributed by atoms with Crippen molar-refractivity contribution in [1.29, 1.82) is 0 Å². The van der Waals surface area contributed by atoms with Gasteiger partial charge in [0.15, 0.2) is 0 Å². The van der Waals surface area contributed by atoms with Gasteiger partial charge in [0, 0.05) is 36.3 Å². The molecule has 1 aliphatic heterocycles. The topological polar surface area (TPSA) is 66.4 Å². The predicted molar refractivity (Wildman–Crippen MR) is 113 cm³/mol. The molecule has 0 saturated carbocycles. The number of hydrogen-bond donors (Lipinski definition) is 2. The van der Waals surface area contributed by atoms with E-state index in [2.05, 4.69) is 15.8 Å². The molecule has 0 bridgehead atoms. The van der Waals surface area contributed by atoms with Gasteiger partial charge in [0.05, 0.1) is 5.56 Å². The molecule has 1 saturated heterocycles. The molecule has 0 radical (unpaired) electrons. The molecule has 0 aliphatic carbocycles. The lowest BCUT2D eigenvalue weighted by atomic mass is 10.1. The van der Waals surface area contributed by atoms with Gasteiger partial charge in [-0.25, -0.2) is 0 Å². The highest BCUT2D eigenvalue weighted by molar-refractivity contribution is 6.07. The number of rotatable bonds is 4. The molecule has 2 N–H and O–H groups in total. The van der Waals surface area contributed by atoms with Gasteiger partial charge in [-0.2, -0.15) is 0 Å². The Bertz CT molecular complexity index is 1020. The normalized spacial score (nSPS) is 14.7. The Kier molecular flexibility index (Phi) is 5.62. The number of piperidine rings is 1. The summed E-state index contributed by atoms with van der Waals surface area (Å²) in [5.74, 6) is -0.667. The molecule has 0 atom stereocenters. The van der Waals surface area contributed by atoms with Crippen molar-refractivity contribution in [1.82, 2.24) is 20.3 Å². The standard InChI is InChI=1S/C23H26N4O2/c1-26-16-20(19-7-3-4-8-21(19)26)23(29)25-24-22(28)18-11-9-17(10-12-18)15-27-13-5-2-6-14-27/h3-4,7-12,16H,2,5-6,13-15H2,1H3,(H,24,28)(H,25,29). The number of benzene rings is 2. The van der Waals surface area contributed by atoms with Crippen LogP contribution < -0.4 is 10.9 Å². The average molecular weight is 390 g/mol. The van der Waals surface area contributed by atoms with E-state index in [9.17, 15) is 9.59 Å². The van der Waals surface area contributed by atoms with E-state index < -0.39 is 0 Å². The lowest BCUT2D eigenvalue weighted by molar-refractivity contribution is 0.0847. The van der Waals surface area contributed by atoms with Crippen molar-refractivity contribution in [3.05, 3.63) is 71.4 Å². The molecule has 2 aromatic carbocycles. The zero-order valence-corrected chi connectivity index (χ0v) is 16.6. The van der Waals surface area contributed by atoms with Crippen LogP contribution in [0.5, 0.6) is 0 Å². The van der Waals surface area contributed by atoms with Gasteiger partial charge >= 0.3 is 0 Å². The Morgan fingerprint density at radius 2 is 1.59 bits per heavy atom. The second-order valence-corrected chi connectivity index (χ2v) is 7.61. The largest absolute Gasteiger partial charge is 0.350 e. The highest BCUT2D eigenvalue weighted by Crippen LogP contribution is 2.20. The van der Waals surface area contributed by atoms with Gasteiger partial charge in [0.25, 0.3) is 11.8 Å². The number of nitrogens with one attached hydrogen (secondary N) is 2. The van der Waals surface area contributed by atoms with Crippen LogP contribution in [0, 0.1) is 0 Å². The van der Waals surface area contributed by atoms with Crippen molar-refractivity contribution in [2.75, 3.05) is 13.1 Å². The number of carbonyl (C=O) groups is 2. The van der Waals surface area contributed by atoms with Crippen LogP contribution >= 0.6 is 0 Å². The summed E-state index contributed by atoms with van der Waals surface area (Å²) in [6.45, 7) is 3.20. The summed E-state index contributed by atoms with van der Waals surface area (Å²) < 4.78 is 1.90. The number of likely N-dealkylation sites (tertiary alicyclic amines) is 1. The summed E-state index contributed by atoms with van der Waals surface area (Å²) in [5, 5.41) is 0.851. The SMILES string of the molecule is Cn1cc(C(=O)NNC(=O)c2ccc(CN3CCCCC3)cc2)c2ccccc21. The fraction of sp³-hybridized carbons (Fsp3) is 0.304. The predicted octanol–water partition coefficient (Wildman–Crippen LogP) is 3.24. The monoisotopic (exact) mass is 390 g/mol. The first-order valence-electron chi connectivity index (χ1n) is 10.1. The molecule has 6 nitrogen and oxygen atoms in total. The molecule has 0 unspecified atom stereocenters. The smallest absolute Gasteiger partial charge is 0.271 e. The third-order valence-corrected chi connectivity index (χ3v) is 5.50. The first-order valence-corrected chi connectivity index (χ1v) is 10.1. The van der Waals surface area contributed by atoms with E-state index in [4.69, 9.17) is 0 Å². The molecule has 29 heavy (non-hydrogen) atoms. The van der Waals surface area contributed by atoms with Crippen molar-refractivity contribution in [3.63, 3.8) is 0 Å². The third-order valence-electron chi connectivity index (χ3n) is 5.50. The maximum absolute atomic E-state index is 12.5. The summed E-state index contributed by atoms with van der Waals surface area (Å²) in [7, 11) is 1.89. The Balaban J connectivity index is 1.36. The fourth-order valence-corrected chi connectivity index (χ4v) is 3.91. The molecule has 2 amide bonds. The van der Waals surface area contributed by atoms with Crippen LogP contribution in [0.1, 0.15) is 45.5 Å². The summed E-state index contributed by atoms with van der Waals surface area (Å²) in [6.07, 6.45) is 5.61. The van der Waals surface area contributed by atoms with Gasteiger partial charge in [-0.3, -0.25) is 25.3 Å². The number of para-hydroxylation sites is 1. The van der Waals surface area contributed by atoms with Crippen LogP contribution in [-0.2, 0) is 13.6 Å². The number of fused-ring (bicyclic) bond motifs is 1. The molecule has 1 aromatic heterocycles. The third kappa shape index (κ3) is 4.32. The highest BCUT2D eigenvalue weighted by Gasteiger charge is 2.15. The van der Waals surface area contributed by atoms with Crippen LogP contribution in [0.15, 0.2) is 54.7 Å². The quantitative estimate of drug-likeness (QED) is 0.672. The summed E-state index contributed by atoms with van der Waals surface area (Å²) in [4.78, 5) is 27.4. The first kappa shape index (κ1) is 19.2. The Hall–Kier alpha value is -3.12. The van der Waals surface area contributed by atoms with E-state index in [1.165, 1.54) is 24.8 Å². The molecule has 1 aliphatic rings. The molecule has 0 spiro atoms. The van der Waals surface area contributed by atoms with Gasteiger partial charge in [0.1, 0.15) is 0 Å². The van der Waals surface area contributed by atoms with Gasteiger partial charge < -0.3 is 4.57 Å². The van der Waals surface area contributed by atoms with Crippen LogP contribution in [0.25, 0.3) is 10.9 Å². The van der Waals surface area contributed by atoms with Crippen molar-refractivity contribution >= 4 is 22.7 Å². The van der Waals surface area contributed by atoms with E-state index in [1.54, 1.807) is 18.3 Å². The number of hydrazine groups is 1. The Morgan fingerprint density at radius 3 is 2.34 bits per heavy atom. The maximum Gasteiger partial charge on any atom is 0.271 e. The number of aromatic nitrogens is 1. The van der Waals surface area contributed by atoms with Crippen molar-refractivity contribution in [2.24, 2.45) is 7.05 Å². The summed E-state index contributed by atoms with van der Waals surface area (Å²) in [6, 6.07) is 15.2. The van der Waals surface area contributed by atoms with Crippen molar-refractivity contribution in [3.8, 4) is 0 Å². The minimum Gasteiger partial charge on any atom is -0.350 e. The molecule has 6 heteroatoms. The molecule has 3 aromatic rings. The van der Waals surface area contributed by atoms with Gasteiger partial charge in [0.2, 0.25) is 0 Å². The second kappa shape index (κ2) is 8.49. The molecule has 4 rings (SSSR count). The van der Waals surface area contributed by atoms with Gasteiger partial charge in [-0.15, -0.1) is 0 Å². The van der Waals surface area contributed by atoms with Crippen LogP contribution in [0.2, 0.25) is 0 Å². The van der Waals surface area contributed by atoms with Gasteiger partial charge in [-0.05, 0) is 49.7 Å². The van der Waals surface area contributed by atoms with Crippen LogP contribution in [-0.4, -0.2) is 34.4 Å². The fourth-order valence-electron chi connectivity index (χ4n) is 3.91. The molecular weight excluding hydrogens is 364 g/mol. The maximum atomic E-state index is 12.5. The minimum atomic E-state index is -0.336. The lowest BCUT2D eigenvalue weighted by Crippen LogP contribution is -2.41. The number of amides is 2. The Morgan fingerprint density at radius 1 is 0.897 bits per heavy atom. The minimum absolute atomic E-state index is 0.330. The van der Waals surface area contributed by atoms with Crippen LogP contribution in [0.3, 0.4) is 0 Å². The zero-order valence-electron chi connectivity index (χ0n) is 16.6. The van der Waals surface area contributed by atoms with Crippen molar-refractivity contribution < 1.29 is 9.59 Å². The van der Waals surface area contributed by atoms with E-state index in [0.717, 1.165) is 30.5 Å². The number of aryl methyl sites for hydroxylation is 1. The second-order valence-electron chi connectivity index (χ2n) is 7.61. The highest BCUT2D eigenvalue weighted by atomic mass is 16.2. The van der Waals surface area contributed by atoms with Crippen LogP contribution in [0.4, 0.5) is 0 Å². The first-order chi connectivity index (χ1) is 14.1. The van der Waals surface area contributed by atoms with E-state index in [0.29, 0.717) is 11.1 Å². The average Bonchev–Trinajstić information content (AvgIpc) is 3.10. The number of hydrogen-bond acceptors (Lipinski definition) is 3. The molecular formula is C23H26N4O2. The van der Waals surface area contributed by atoms with E-state index in [1.807, 2.05) is 48.0 Å². The molecule has 150 valence electrons. The van der Waals surface area contributed by atoms with E-state index >= 15 is 0 Å². The lowest BCUT2D eigenvalue weighted by Gasteiger charge is -2.26. The molecule has 1 fully saturated rings. The van der Waals surface area contributed by atoms with E-state index in [-0.39, 0.29) is 11.8 Å². The summed E-state index contributed by atoms with van der Waals surface area (Å²) in [5.41, 5.74) is 8.25. The van der Waals surface area contributed by atoms with Crippen molar-refractivity contribution in [2.45, 2.75) is 25.8 Å². The molecule has 2 heterocycles. The van der Waals surface area contributed by atoms with Gasteiger partial charge in [-0.1, -0.05) is 36.8 Å².